The molecule has 0 aliphatic heterocycles. The molecule has 4 rings (SSSR count). The van der Waals surface area contributed by atoms with E-state index in [4.69, 9.17) is 11.6 Å². The minimum atomic E-state index is -0.491. The Morgan fingerprint density at radius 3 is 2.41 bits per heavy atom. The van der Waals surface area contributed by atoms with Crippen LogP contribution in [0.25, 0.3) is 15.9 Å². The third-order valence-corrected chi connectivity index (χ3v) is 5.62. The molecule has 8 heteroatoms. The Labute approximate surface area is 174 Å². The van der Waals surface area contributed by atoms with Crippen LogP contribution in [0.15, 0.2) is 69.6 Å². The fraction of sp³-hybridized carbons (Fsp3) is 0.0952. The van der Waals surface area contributed by atoms with Gasteiger partial charge in [-0.2, -0.15) is 0 Å². The molecule has 4 aromatic rings. The van der Waals surface area contributed by atoms with E-state index in [1.807, 2.05) is 12.1 Å². The first-order valence-electron chi connectivity index (χ1n) is 8.84. The second-order valence-corrected chi connectivity index (χ2v) is 7.83. The van der Waals surface area contributed by atoms with E-state index in [1.54, 1.807) is 47.8 Å². The number of nitrogens with zero attached hydrogens (tertiary/aromatic N) is 1. The van der Waals surface area contributed by atoms with Crippen LogP contribution in [-0.2, 0) is 17.8 Å². The van der Waals surface area contributed by atoms with Gasteiger partial charge in [-0.15, -0.1) is 11.3 Å². The van der Waals surface area contributed by atoms with Crippen molar-refractivity contribution < 1.29 is 4.79 Å². The molecule has 0 fully saturated rings. The number of carbonyl (C=O) groups is 1. The quantitative estimate of drug-likeness (QED) is 0.514. The maximum atomic E-state index is 12.6. The van der Waals surface area contributed by atoms with Gasteiger partial charge in [-0.3, -0.25) is 9.59 Å². The van der Waals surface area contributed by atoms with Crippen LogP contribution < -0.4 is 16.6 Å². The molecular weight excluding hydrogens is 410 g/mol. The van der Waals surface area contributed by atoms with Crippen molar-refractivity contribution >= 4 is 39.1 Å². The SMILES string of the molecule is O=C(Cc1ccc(-n2c(=O)[nH]c3ccsc3c2=O)cc1)NCc1ccc(Cl)cc1. The predicted octanol–water partition coefficient (Wildman–Crippen LogP) is 3.25. The first-order chi connectivity index (χ1) is 14.0. The summed E-state index contributed by atoms with van der Waals surface area (Å²) in [6, 6.07) is 15.8. The van der Waals surface area contributed by atoms with Gasteiger partial charge in [0, 0.05) is 11.6 Å². The van der Waals surface area contributed by atoms with Crippen molar-refractivity contribution in [3.63, 3.8) is 0 Å². The van der Waals surface area contributed by atoms with Crippen LogP contribution in [0.1, 0.15) is 11.1 Å². The normalized spacial score (nSPS) is 10.9. The van der Waals surface area contributed by atoms with Crippen molar-refractivity contribution in [1.82, 2.24) is 14.9 Å². The lowest BCUT2D eigenvalue weighted by molar-refractivity contribution is -0.120. The predicted molar refractivity (Wildman–Crippen MR) is 115 cm³/mol. The number of amides is 1. The van der Waals surface area contributed by atoms with Gasteiger partial charge in [-0.1, -0.05) is 35.9 Å². The Kier molecular flexibility index (Phi) is 5.33. The average molecular weight is 426 g/mol. The number of fused-ring (bicyclic) bond motifs is 1. The first-order valence-corrected chi connectivity index (χ1v) is 10.1. The number of aromatic amines is 1. The molecule has 29 heavy (non-hydrogen) atoms. The molecule has 146 valence electrons. The van der Waals surface area contributed by atoms with E-state index in [1.165, 1.54) is 11.3 Å². The molecular formula is C21H16ClN3O3S. The van der Waals surface area contributed by atoms with Gasteiger partial charge in [0.2, 0.25) is 5.91 Å². The highest BCUT2D eigenvalue weighted by Crippen LogP contribution is 2.14. The van der Waals surface area contributed by atoms with Gasteiger partial charge >= 0.3 is 5.69 Å². The molecule has 0 bridgehead atoms. The third-order valence-electron chi connectivity index (χ3n) is 4.47. The summed E-state index contributed by atoms with van der Waals surface area (Å²) in [6.45, 7) is 0.416. The fourth-order valence-electron chi connectivity index (χ4n) is 2.99. The van der Waals surface area contributed by atoms with E-state index in [-0.39, 0.29) is 17.9 Å². The van der Waals surface area contributed by atoms with Crippen LogP contribution in [0.4, 0.5) is 0 Å². The molecule has 2 aromatic carbocycles. The van der Waals surface area contributed by atoms with Crippen molar-refractivity contribution in [1.29, 1.82) is 0 Å². The topological polar surface area (TPSA) is 84.0 Å². The van der Waals surface area contributed by atoms with E-state index in [0.29, 0.717) is 27.5 Å². The van der Waals surface area contributed by atoms with E-state index in [2.05, 4.69) is 10.3 Å². The molecule has 1 amide bonds. The number of H-pyrrole nitrogens is 1. The summed E-state index contributed by atoms with van der Waals surface area (Å²) in [6.07, 6.45) is 0.198. The monoisotopic (exact) mass is 425 g/mol. The van der Waals surface area contributed by atoms with Crippen LogP contribution in [0.3, 0.4) is 0 Å². The van der Waals surface area contributed by atoms with Crippen LogP contribution in [-0.4, -0.2) is 15.5 Å². The van der Waals surface area contributed by atoms with Crippen molar-refractivity contribution in [3.05, 3.63) is 97.0 Å². The van der Waals surface area contributed by atoms with Gasteiger partial charge in [0.1, 0.15) is 4.70 Å². The Bertz CT molecular complexity index is 1290. The highest BCUT2D eigenvalue weighted by molar-refractivity contribution is 7.17. The van der Waals surface area contributed by atoms with Crippen molar-refractivity contribution in [2.75, 3.05) is 0 Å². The zero-order valence-corrected chi connectivity index (χ0v) is 16.7. The van der Waals surface area contributed by atoms with E-state index < -0.39 is 5.69 Å². The molecule has 0 atom stereocenters. The average Bonchev–Trinajstić information content (AvgIpc) is 3.17. The molecule has 0 saturated carbocycles. The van der Waals surface area contributed by atoms with Gasteiger partial charge in [-0.05, 0) is 46.8 Å². The smallest absolute Gasteiger partial charge is 0.333 e. The lowest BCUT2D eigenvalue weighted by atomic mass is 10.1. The first kappa shape index (κ1) is 19.2. The van der Waals surface area contributed by atoms with Gasteiger partial charge in [-0.25, -0.2) is 9.36 Å². The maximum Gasteiger partial charge on any atom is 0.333 e. The molecule has 0 unspecified atom stereocenters. The number of hydrogen-bond donors (Lipinski definition) is 2. The fourth-order valence-corrected chi connectivity index (χ4v) is 3.89. The van der Waals surface area contributed by atoms with Crippen molar-refractivity contribution in [3.8, 4) is 5.69 Å². The zero-order valence-electron chi connectivity index (χ0n) is 15.1. The molecule has 2 N–H and O–H groups in total. The summed E-state index contributed by atoms with van der Waals surface area (Å²) in [7, 11) is 0. The van der Waals surface area contributed by atoms with Gasteiger partial charge in [0.15, 0.2) is 0 Å². The Morgan fingerprint density at radius 1 is 1.00 bits per heavy atom. The molecule has 0 radical (unpaired) electrons. The number of thiophene rings is 1. The maximum absolute atomic E-state index is 12.6. The van der Waals surface area contributed by atoms with E-state index >= 15 is 0 Å². The van der Waals surface area contributed by atoms with Gasteiger partial charge in [0.05, 0.1) is 17.6 Å². The summed E-state index contributed by atoms with van der Waals surface area (Å²) in [4.78, 5) is 39.8. The Hall–Kier alpha value is -3.16. The molecule has 0 spiro atoms. The summed E-state index contributed by atoms with van der Waals surface area (Å²) < 4.78 is 1.60. The van der Waals surface area contributed by atoms with Crippen LogP contribution in [0.2, 0.25) is 5.02 Å². The van der Waals surface area contributed by atoms with E-state index in [0.717, 1.165) is 15.7 Å². The lowest BCUT2D eigenvalue weighted by Crippen LogP contribution is -2.33. The summed E-state index contributed by atoms with van der Waals surface area (Å²) in [5.74, 6) is -0.122. The standard InChI is InChI=1S/C21H16ClN3O3S/c22-15-5-1-14(2-6-15)12-23-18(26)11-13-3-7-16(8-4-13)25-20(27)19-17(9-10-29-19)24-21(25)28/h1-10H,11-12H2,(H,23,26)(H,24,28). The summed E-state index contributed by atoms with van der Waals surface area (Å²) in [5.41, 5.74) is 1.89. The second kappa shape index (κ2) is 8.06. The molecule has 0 aliphatic carbocycles. The minimum Gasteiger partial charge on any atom is -0.352 e. The van der Waals surface area contributed by atoms with Gasteiger partial charge in [0.25, 0.3) is 5.56 Å². The van der Waals surface area contributed by atoms with E-state index in [9.17, 15) is 14.4 Å². The molecule has 2 heterocycles. The second-order valence-electron chi connectivity index (χ2n) is 6.48. The Balaban J connectivity index is 1.47. The number of carbonyl (C=O) groups excluding carboxylic acids is 1. The van der Waals surface area contributed by atoms with Gasteiger partial charge < -0.3 is 10.3 Å². The number of aromatic nitrogens is 2. The molecule has 6 nitrogen and oxygen atoms in total. The third kappa shape index (κ3) is 4.16. The molecule has 2 aromatic heterocycles. The number of halogens is 1. The van der Waals surface area contributed by atoms with Crippen LogP contribution in [0, 0.1) is 0 Å². The summed E-state index contributed by atoms with van der Waals surface area (Å²) in [5, 5.41) is 5.27. The largest absolute Gasteiger partial charge is 0.352 e. The van der Waals surface area contributed by atoms with Crippen molar-refractivity contribution in [2.45, 2.75) is 13.0 Å². The zero-order chi connectivity index (χ0) is 20.4. The number of benzene rings is 2. The van der Waals surface area contributed by atoms with Crippen molar-refractivity contribution in [2.24, 2.45) is 0 Å². The summed E-state index contributed by atoms with van der Waals surface area (Å²) >= 11 is 7.14. The number of hydrogen-bond acceptors (Lipinski definition) is 4. The molecule has 0 saturated heterocycles. The van der Waals surface area contributed by atoms with Crippen LogP contribution in [0.5, 0.6) is 0 Å². The highest BCUT2D eigenvalue weighted by atomic mass is 35.5. The van der Waals surface area contributed by atoms with Crippen LogP contribution >= 0.6 is 22.9 Å². The number of rotatable bonds is 5. The minimum absolute atomic E-state index is 0.122. The Morgan fingerprint density at radius 2 is 1.69 bits per heavy atom. The lowest BCUT2D eigenvalue weighted by Gasteiger charge is -2.08. The molecule has 0 aliphatic rings. The number of nitrogens with one attached hydrogen (secondary N) is 2. The highest BCUT2D eigenvalue weighted by Gasteiger charge is 2.11.